The highest BCUT2D eigenvalue weighted by Crippen LogP contribution is 2.33. The summed E-state index contributed by atoms with van der Waals surface area (Å²) in [5.41, 5.74) is 0.612. The van der Waals surface area contributed by atoms with E-state index in [-0.39, 0.29) is 18.1 Å². The molecule has 1 aliphatic carbocycles. The van der Waals surface area contributed by atoms with Gasteiger partial charge in [-0.25, -0.2) is 19.6 Å². The highest BCUT2D eigenvalue weighted by Gasteiger charge is 2.47. The lowest BCUT2D eigenvalue weighted by Crippen LogP contribution is -2.53. The van der Waals surface area contributed by atoms with Crippen LogP contribution in [0.4, 0.5) is 15.3 Å². The fraction of sp³-hybridized carbons (Fsp3) is 0.286. The zero-order valence-electron chi connectivity index (χ0n) is 11.3. The molecule has 21 heavy (non-hydrogen) atoms. The molecule has 1 heterocycles. The number of halogens is 1. The van der Waals surface area contributed by atoms with Gasteiger partial charge in [0, 0.05) is 10.7 Å². The second-order valence-corrected chi connectivity index (χ2v) is 5.29. The Morgan fingerprint density at radius 2 is 1.81 bits per heavy atom. The summed E-state index contributed by atoms with van der Waals surface area (Å²) in [7, 11) is 1.30. The molecule has 1 aromatic carbocycles. The number of urea groups is 1. The first kappa shape index (κ1) is 13.8. The Kier molecular flexibility index (Phi) is 3.47. The number of nitrogens with zero attached hydrogens (tertiary/aromatic N) is 2. The largest absolute Gasteiger partial charge is 0.452 e. The third-order valence-electron chi connectivity index (χ3n) is 3.56. The molecular weight excluding hydrogens is 294 g/mol. The molecule has 2 aliphatic rings. The molecule has 110 valence electrons. The van der Waals surface area contributed by atoms with E-state index in [1.807, 2.05) is 12.2 Å². The third-order valence-corrected chi connectivity index (χ3v) is 3.82. The zero-order valence-corrected chi connectivity index (χ0v) is 12.1. The summed E-state index contributed by atoms with van der Waals surface area (Å²) in [4.78, 5) is 24.3. The molecule has 0 radical (unpaired) electrons. The van der Waals surface area contributed by atoms with E-state index in [0.29, 0.717) is 17.1 Å². The number of hydrogen-bond acceptors (Lipinski definition) is 3. The normalized spacial score (nSPS) is 22.6. The smallest absolute Gasteiger partial charge is 0.429 e. The SMILES string of the molecule is COC(=O)N1[C@@H]2C=C[C@H](C2)N1C(=O)Nc1ccc(Cl)cc1. The monoisotopic (exact) mass is 307 g/mol. The fourth-order valence-electron chi connectivity index (χ4n) is 2.62. The Morgan fingerprint density at radius 3 is 2.43 bits per heavy atom. The van der Waals surface area contributed by atoms with Crippen molar-refractivity contribution in [1.82, 2.24) is 10.0 Å². The van der Waals surface area contributed by atoms with Crippen LogP contribution in [0.3, 0.4) is 0 Å². The predicted octanol–water partition coefficient (Wildman–Crippen LogP) is 2.87. The molecule has 3 amide bonds. The van der Waals surface area contributed by atoms with Gasteiger partial charge in [-0.15, -0.1) is 0 Å². The Balaban J connectivity index is 1.78. The Morgan fingerprint density at radius 1 is 1.19 bits per heavy atom. The number of hydrazine groups is 1. The topological polar surface area (TPSA) is 61.9 Å². The van der Waals surface area contributed by atoms with E-state index in [2.05, 4.69) is 5.32 Å². The molecule has 2 bridgehead atoms. The van der Waals surface area contributed by atoms with Gasteiger partial charge in [0.2, 0.25) is 0 Å². The average molecular weight is 308 g/mol. The second kappa shape index (κ2) is 5.29. The minimum Gasteiger partial charge on any atom is -0.452 e. The fourth-order valence-corrected chi connectivity index (χ4v) is 2.75. The summed E-state index contributed by atoms with van der Waals surface area (Å²) in [5, 5.41) is 6.08. The molecule has 6 nitrogen and oxygen atoms in total. The van der Waals surface area contributed by atoms with Crippen molar-refractivity contribution in [3.8, 4) is 0 Å². The molecule has 1 saturated heterocycles. The standard InChI is InChI=1S/C14H14ClN3O3/c1-21-14(20)18-12-7-6-11(8-12)17(18)13(19)16-10-4-2-9(15)3-5-10/h2-7,11-12H,8H2,1H3,(H,16,19)/t11-,12-/m1/s1. The number of ether oxygens (including phenoxy) is 1. The summed E-state index contributed by atoms with van der Waals surface area (Å²) in [6.45, 7) is 0. The van der Waals surface area contributed by atoms with Gasteiger partial charge < -0.3 is 10.1 Å². The molecular formula is C14H14ClN3O3. The minimum absolute atomic E-state index is 0.124. The minimum atomic E-state index is -0.543. The van der Waals surface area contributed by atoms with E-state index in [4.69, 9.17) is 16.3 Å². The van der Waals surface area contributed by atoms with Crippen LogP contribution in [-0.2, 0) is 4.74 Å². The first-order valence-corrected chi connectivity index (χ1v) is 6.89. The van der Waals surface area contributed by atoms with Crippen LogP contribution < -0.4 is 5.32 Å². The first-order chi connectivity index (χ1) is 10.1. The average Bonchev–Trinajstić information content (AvgIpc) is 3.09. The van der Waals surface area contributed by atoms with E-state index in [0.717, 1.165) is 0 Å². The number of amides is 3. The molecule has 2 atom stereocenters. The molecule has 1 fully saturated rings. The Bertz CT molecular complexity index is 602. The van der Waals surface area contributed by atoms with E-state index < -0.39 is 6.09 Å². The van der Waals surface area contributed by atoms with Gasteiger partial charge in [0.05, 0.1) is 19.2 Å². The molecule has 1 aromatic rings. The second-order valence-electron chi connectivity index (χ2n) is 4.85. The van der Waals surface area contributed by atoms with Crippen LogP contribution in [0.2, 0.25) is 5.02 Å². The van der Waals surface area contributed by atoms with Crippen molar-refractivity contribution in [3.05, 3.63) is 41.4 Å². The van der Waals surface area contributed by atoms with Crippen LogP contribution in [-0.4, -0.2) is 41.3 Å². The van der Waals surface area contributed by atoms with E-state index >= 15 is 0 Å². The number of benzene rings is 1. The number of anilines is 1. The first-order valence-electron chi connectivity index (χ1n) is 6.51. The lowest BCUT2D eigenvalue weighted by molar-refractivity contribution is 0.0256. The van der Waals surface area contributed by atoms with Crippen molar-refractivity contribution in [1.29, 1.82) is 0 Å². The van der Waals surface area contributed by atoms with Crippen LogP contribution in [0, 0.1) is 0 Å². The van der Waals surface area contributed by atoms with E-state index in [1.165, 1.54) is 17.1 Å². The number of carbonyl (C=O) groups is 2. The van der Waals surface area contributed by atoms with E-state index in [9.17, 15) is 9.59 Å². The number of carbonyl (C=O) groups excluding carboxylic acids is 2. The maximum Gasteiger partial charge on any atom is 0.429 e. The van der Waals surface area contributed by atoms with Crippen LogP contribution in [0.25, 0.3) is 0 Å². The summed E-state index contributed by atoms with van der Waals surface area (Å²) >= 11 is 5.81. The predicted molar refractivity (Wildman–Crippen MR) is 77.9 cm³/mol. The van der Waals surface area contributed by atoms with Crippen molar-refractivity contribution in [2.75, 3.05) is 12.4 Å². The summed E-state index contributed by atoms with van der Waals surface area (Å²) in [6.07, 6.45) is 3.99. The van der Waals surface area contributed by atoms with Crippen LogP contribution in [0.15, 0.2) is 36.4 Å². The van der Waals surface area contributed by atoms with Gasteiger partial charge in [0.1, 0.15) is 0 Å². The lowest BCUT2D eigenvalue weighted by atomic mass is 10.2. The molecule has 0 saturated carbocycles. The lowest BCUT2D eigenvalue weighted by Gasteiger charge is -2.34. The van der Waals surface area contributed by atoms with E-state index in [1.54, 1.807) is 24.3 Å². The zero-order chi connectivity index (χ0) is 15.0. The van der Waals surface area contributed by atoms with Crippen molar-refractivity contribution >= 4 is 29.4 Å². The quantitative estimate of drug-likeness (QED) is 0.812. The van der Waals surface area contributed by atoms with Crippen molar-refractivity contribution in [3.63, 3.8) is 0 Å². The van der Waals surface area contributed by atoms with Gasteiger partial charge in [-0.1, -0.05) is 23.8 Å². The van der Waals surface area contributed by atoms with Crippen LogP contribution >= 0.6 is 11.6 Å². The van der Waals surface area contributed by atoms with Crippen molar-refractivity contribution in [2.24, 2.45) is 0 Å². The van der Waals surface area contributed by atoms with Gasteiger partial charge >= 0.3 is 12.1 Å². The number of fused-ring (bicyclic) bond motifs is 2. The number of rotatable bonds is 1. The summed E-state index contributed by atoms with van der Waals surface area (Å²) < 4.78 is 4.75. The number of nitrogens with one attached hydrogen (secondary N) is 1. The molecule has 3 rings (SSSR count). The van der Waals surface area contributed by atoms with Crippen molar-refractivity contribution < 1.29 is 14.3 Å². The van der Waals surface area contributed by atoms with Gasteiger partial charge in [-0.05, 0) is 30.7 Å². The van der Waals surface area contributed by atoms with Gasteiger partial charge in [-0.3, -0.25) is 0 Å². The molecule has 7 heteroatoms. The van der Waals surface area contributed by atoms with Crippen LogP contribution in [0.1, 0.15) is 6.42 Å². The number of hydrogen-bond donors (Lipinski definition) is 1. The maximum atomic E-state index is 12.4. The molecule has 0 aromatic heterocycles. The van der Waals surface area contributed by atoms with Gasteiger partial charge in [0.25, 0.3) is 0 Å². The molecule has 0 unspecified atom stereocenters. The summed E-state index contributed by atoms with van der Waals surface area (Å²) in [5.74, 6) is 0. The van der Waals surface area contributed by atoms with Crippen molar-refractivity contribution in [2.45, 2.75) is 18.5 Å². The molecule has 0 spiro atoms. The highest BCUT2D eigenvalue weighted by atomic mass is 35.5. The highest BCUT2D eigenvalue weighted by molar-refractivity contribution is 6.30. The van der Waals surface area contributed by atoms with Gasteiger partial charge in [0.15, 0.2) is 0 Å². The Labute approximate surface area is 126 Å². The maximum absolute atomic E-state index is 12.4. The summed E-state index contributed by atoms with van der Waals surface area (Å²) in [6, 6.07) is 6.15. The third kappa shape index (κ3) is 2.42. The number of methoxy groups -OCH3 is 1. The molecule has 1 N–H and O–H groups in total. The van der Waals surface area contributed by atoms with Gasteiger partial charge in [-0.2, -0.15) is 0 Å². The van der Waals surface area contributed by atoms with Crippen LogP contribution in [0.5, 0.6) is 0 Å². The Hall–Kier alpha value is -2.21. The molecule has 1 aliphatic heterocycles.